The molecule has 9 heteroatoms. The number of aromatic nitrogens is 2. The highest BCUT2D eigenvalue weighted by Crippen LogP contribution is 2.47. The average molecular weight is 902 g/mol. The molecule has 0 atom stereocenters. The van der Waals surface area contributed by atoms with Crippen molar-refractivity contribution in [1.29, 1.82) is 5.26 Å². The molecule has 2 heterocycles. The van der Waals surface area contributed by atoms with Gasteiger partial charge in [0.25, 0.3) is 0 Å². The van der Waals surface area contributed by atoms with E-state index in [0.29, 0.717) is 23.0 Å². The van der Waals surface area contributed by atoms with E-state index in [-0.39, 0.29) is 22.8 Å². The summed E-state index contributed by atoms with van der Waals surface area (Å²) < 4.78 is 92.1. The molecule has 0 N–H and O–H groups in total. The van der Waals surface area contributed by atoms with Crippen LogP contribution in [-0.4, -0.2) is 9.13 Å². The number of aryl methyl sites for hydroxylation is 2. The minimum atomic E-state index is -5.16. The van der Waals surface area contributed by atoms with E-state index in [4.69, 9.17) is 0 Å². The molecule has 0 fully saturated rings. The summed E-state index contributed by atoms with van der Waals surface area (Å²) in [5.74, 6) is 0. The Morgan fingerprint density at radius 2 is 0.926 bits per heavy atom. The van der Waals surface area contributed by atoms with Crippen LogP contribution >= 0.6 is 0 Å². The normalized spacial score (nSPS) is 12.1. The van der Waals surface area contributed by atoms with Gasteiger partial charge in [0.2, 0.25) is 0 Å². The summed E-state index contributed by atoms with van der Waals surface area (Å²) in [7, 11) is 0. The second-order valence-electron chi connectivity index (χ2n) is 17.1. The summed E-state index contributed by atoms with van der Waals surface area (Å²) >= 11 is 0. The van der Waals surface area contributed by atoms with E-state index in [0.717, 1.165) is 83.1 Å². The van der Waals surface area contributed by atoms with E-state index in [1.54, 1.807) is 36.4 Å². The molecule has 0 saturated heterocycles. The first kappa shape index (κ1) is 42.3. The second-order valence-corrected chi connectivity index (χ2v) is 17.1. The SMILES string of the molecule is Cc1ccccc1-c1ccc2c(c1)c1ccccc1n2-c1ccc(-c2ccc(C(F)(F)F)cc2C(F)(F)F)c(-c2cc(C#N)ccc2-n2c3ccccc3c3cc(-c4ccccc4C)ccc32)c1. The van der Waals surface area contributed by atoms with Gasteiger partial charge in [-0.15, -0.1) is 0 Å². The highest BCUT2D eigenvalue weighted by atomic mass is 19.4. The van der Waals surface area contributed by atoms with Gasteiger partial charge in [-0.3, -0.25) is 0 Å². The standard InChI is InChI=1S/C59H37F6N3/c1-35-11-3-5-13-42(35)38-20-27-55-50(30-38)46-15-7-9-17-53(46)67(55)41-23-25-44(45-24-22-40(58(60,61)62)32-52(45)59(63,64)65)48(33-41)49-29-37(34-66)19-26-56(49)68-54-18-10-8-16-47(54)51-31-39(21-28-57(51)68)43-14-6-4-12-36(43)2/h3-33H,1-2H3. The van der Waals surface area contributed by atoms with Crippen molar-refractivity contribution in [3.8, 4) is 62.0 Å². The van der Waals surface area contributed by atoms with Crippen molar-refractivity contribution in [2.45, 2.75) is 26.2 Å². The molecule has 0 aliphatic heterocycles. The molecule has 0 bridgehead atoms. The minimum Gasteiger partial charge on any atom is -0.309 e. The van der Waals surface area contributed by atoms with E-state index in [9.17, 15) is 18.4 Å². The number of fused-ring (bicyclic) bond motifs is 6. The first-order chi connectivity index (χ1) is 32.8. The summed E-state index contributed by atoms with van der Waals surface area (Å²) in [5.41, 5.74) is 8.54. The number of benzene rings is 9. The zero-order valence-electron chi connectivity index (χ0n) is 36.5. The molecule has 0 unspecified atom stereocenters. The number of nitrogens with zero attached hydrogens (tertiary/aromatic N) is 3. The van der Waals surface area contributed by atoms with Crippen LogP contribution in [0.3, 0.4) is 0 Å². The Hall–Kier alpha value is -8.35. The van der Waals surface area contributed by atoms with Crippen molar-refractivity contribution < 1.29 is 26.3 Å². The molecule has 0 spiro atoms. The van der Waals surface area contributed by atoms with E-state index < -0.39 is 29.0 Å². The van der Waals surface area contributed by atoms with E-state index in [2.05, 4.69) is 66.9 Å². The molecule has 0 saturated carbocycles. The van der Waals surface area contributed by atoms with Gasteiger partial charge in [0, 0.05) is 32.8 Å². The lowest BCUT2D eigenvalue weighted by atomic mass is 9.88. The van der Waals surface area contributed by atoms with Gasteiger partial charge in [-0.1, -0.05) is 109 Å². The quantitative estimate of drug-likeness (QED) is 0.153. The Morgan fingerprint density at radius 3 is 1.50 bits per heavy atom. The van der Waals surface area contributed by atoms with Gasteiger partial charge in [-0.05, 0) is 143 Å². The summed E-state index contributed by atoms with van der Waals surface area (Å²) in [6.07, 6.45) is -10.2. The molecule has 3 nitrogen and oxygen atoms in total. The third-order valence-electron chi connectivity index (χ3n) is 13.1. The van der Waals surface area contributed by atoms with Crippen LogP contribution in [0.5, 0.6) is 0 Å². The predicted molar refractivity (Wildman–Crippen MR) is 261 cm³/mol. The summed E-state index contributed by atoms with van der Waals surface area (Å²) in [5, 5.41) is 14.2. The fourth-order valence-corrected chi connectivity index (χ4v) is 9.95. The molecule has 0 aliphatic rings. The molecule has 0 amide bonds. The molecule has 0 aliphatic carbocycles. The van der Waals surface area contributed by atoms with Gasteiger partial charge >= 0.3 is 12.4 Å². The van der Waals surface area contributed by atoms with Crippen LogP contribution in [0, 0.1) is 25.2 Å². The molecule has 2 aromatic heterocycles. The van der Waals surface area contributed by atoms with Gasteiger partial charge < -0.3 is 9.13 Å². The van der Waals surface area contributed by atoms with Crippen LogP contribution in [0.2, 0.25) is 0 Å². The van der Waals surface area contributed by atoms with Crippen molar-refractivity contribution in [3.63, 3.8) is 0 Å². The smallest absolute Gasteiger partial charge is 0.309 e. The van der Waals surface area contributed by atoms with Crippen LogP contribution in [0.15, 0.2) is 188 Å². The summed E-state index contributed by atoms with van der Waals surface area (Å²) in [4.78, 5) is 0. The van der Waals surface area contributed by atoms with Crippen LogP contribution in [0.4, 0.5) is 26.3 Å². The van der Waals surface area contributed by atoms with Crippen molar-refractivity contribution in [1.82, 2.24) is 9.13 Å². The van der Waals surface area contributed by atoms with Crippen LogP contribution in [0.25, 0.3) is 99.5 Å². The first-order valence-corrected chi connectivity index (χ1v) is 21.9. The van der Waals surface area contributed by atoms with E-state index in [1.165, 1.54) is 0 Å². The van der Waals surface area contributed by atoms with Crippen LogP contribution < -0.4 is 0 Å². The average Bonchev–Trinajstić information content (AvgIpc) is 3.85. The Bertz CT molecular complexity index is 3880. The molecular weight excluding hydrogens is 865 g/mol. The number of nitriles is 1. The Labute approximate surface area is 387 Å². The van der Waals surface area contributed by atoms with Gasteiger partial charge in [0.1, 0.15) is 0 Å². The number of alkyl halides is 6. The van der Waals surface area contributed by atoms with Gasteiger partial charge in [0.15, 0.2) is 0 Å². The maximum absolute atomic E-state index is 15.2. The minimum absolute atomic E-state index is 0.0383. The molecule has 9 aromatic carbocycles. The molecule has 0 radical (unpaired) electrons. The first-order valence-electron chi connectivity index (χ1n) is 21.9. The Morgan fingerprint density at radius 1 is 0.397 bits per heavy atom. The van der Waals surface area contributed by atoms with Crippen molar-refractivity contribution >= 4 is 43.6 Å². The topological polar surface area (TPSA) is 33.6 Å². The largest absolute Gasteiger partial charge is 0.417 e. The third-order valence-corrected chi connectivity index (χ3v) is 13.1. The lowest BCUT2D eigenvalue weighted by Gasteiger charge is -2.22. The maximum atomic E-state index is 15.2. The number of halogens is 6. The molecule has 11 rings (SSSR count). The van der Waals surface area contributed by atoms with E-state index >= 15 is 13.2 Å². The highest BCUT2D eigenvalue weighted by molar-refractivity contribution is 6.12. The summed E-state index contributed by atoms with van der Waals surface area (Å²) in [6, 6.07) is 58.6. The number of hydrogen-bond donors (Lipinski definition) is 0. The highest BCUT2D eigenvalue weighted by Gasteiger charge is 2.39. The van der Waals surface area contributed by atoms with E-state index in [1.807, 2.05) is 95.6 Å². The lowest BCUT2D eigenvalue weighted by Crippen LogP contribution is -2.12. The van der Waals surface area contributed by atoms with Crippen LogP contribution in [-0.2, 0) is 12.4 Å². The molecule has 11 aromatic rings. The Kier molecular flexibility index (Phi) is 9.90. The lowest BCUT2D eigenvalue weighted by molar-refractivity contribution is -0.142. The number of para-hydroxylation sites is 2. The van der Waals surface area contributed by atoms with Gasteiger partial charge in [-0.25, -0.2) is 0 Å². The molecule has 330 valence electrons. The Balaban J connectivity index is 1.22. The van der Waals surface area contributed by atoms with Crippen LogP contribution in [0.1, 0.15) is 27.8 Å². The fourth-order valence-electron chi connectivity index (χ4n) is 9.95. The number of rotatable bonds is 6. The zero-order chi connectivity index (χ0) is 47.1. The van der Waals surface area contributed by atoms with Crippen molar-refractivity contribution in [2.75, 3.05) is 0 Å². The monoisotopic (exact) mass is 901 g/mol. The second kappa shape index (κ2) is 15.9. The van der Waals surface area contributed by atoms with Crippen molar-refractivity contribution in [3.05, 3.63) is 216 Å². The van der Waals surface area contributed by atoms with Crippen molar-refractivity contribution in [2.24, 2.45) is 0 Å². The number of hydrogen-bond acceptors (Lipinski definition) is 1. The third kappa shape index (κ3) is 6.99. The molecular formula is C59H37F6N3. The zero-order valence-corrected chi connectivity index (χ0v) is 36.5. The van der Waals surface area contributed by atoms with Gasteiger partial charge in [0.05, 0.1) is 50.5 Å². The van der Waals surface area contributed by atoms with Gasteiger partial charge in [-0.2, -0.15) is 31.6 Å². The molecule has 68 heavy (non-hydrogen) atoms. The predicted octanol–water partition coefficient (Wildman–Crippen LogP) is 17.1. The fraction of sp³-hybridized carbons (Fsp3) is 0.0678. The summed E-state index contributed by atoms with van der Waals surface area (Å²) in [6.45, 7) is 4.12. The maximum Gasteiger partial charge on any atom is 0.417 e.